The molecule has 4 nitrogen and oxygen atoms in total. The Morgan fingerprint density at radius 1 is 0.938 bits per heavy atom. The summed E-state index contributed by atoms with van der Waals surface area (Å²) in [6.45, 7) is 3.86. The van der Waals surface area contributed by atoms with E-state index in [2.05, 4.69) is 10.2 Å². The number of aromatic amines is 2. The van der Waals surface area contributed by atoms with E-state index in [0.29, 0.717) is 5.56 Å². The molecule has 0 atom stereocenters. The molecule has 0 bridgehead atoms. The number of benzene rings is 1. The molecule has 2 aromatic rings. The molecule has 0 aliphatic rings. The first-order chi connectivity index (χ1) is 7.58. The second-order valence-electron chi connectivity index (χ2n) is 3.82. The highest BCUT2D eigenvalue weighted by Gasteiger charge is 2.07. The van der Waals surface area contributed by atoms with Crippen LogP contribution in [-0.4, -0.2) is 10.2 Å². The van der Waals surface area contributed by atoms with E-state index in [1.165, 1.54) is 6.07 Å². The van der Waals surface area contributed by atoms with Gasteiger partial charge in [-0.25, -0.2) is 0 Å². The van der Waals surface area contributed by atoms with E-state index in [0.717, 1.165) is 16.7 Å². The first kappa shape index (κ1) is 10.4. The van der Waals surface area contributed by atoms with Gasteiger partial charge in [-0.2, -0.15) is 0 Å². The Balaban J connectivity index is 2.76. The highest BCUT2D eigenvalue weighted by atomic mass is 16.1. The van der Waals surface area contributed by atoms with Crippen LogP contribution < -0.4 is 11.1 Å². The normalized spacial score (nSPS) is 10.4. The molecular formula is C12H12N2O2. The van der Waals surface area contributed by atoms with Crippen LogP contribution in [0.2, 0.25) is 0 Å². The van der Waals surface area contributed by atoms with Crippen LogP contribution in [0.15, 0.2) is 33.9 Å². The Kier molecular flexibility index (Phi) is 2.48. The predicted molar refractivity (Wildman–Crippen MR) is 62.6 cm³/mol. The summed E-state index contributed by atoms with van der Waals surface area (Å²) >= 11 is 0. The first-order valence-electron chi connectivity index (χ1n) is 4.97. The van der Waals surface area contributed by atoms with Gasteiger partial charge < -0.3 is 0 Å². The number of rotatable bonds is 1. The first-order valence-corrected chi connectivity index (χ1v) is 4.97. The van der Waals surface area contributed by atoms with Gasteiger partial charge in [0.15, 0.2) is 0 Å². The summed E-state index contributed by atoms with van der Waals surface area (Å²) in [5.74, 6) is 0. The van der Waals surface area contributed by atoms with E-state index in [4.69, 9.17) is 0 Å². The quantitative estimate of drug-likeness (QED) is 0.755. The molecule has 1 aromatic heterocycles. The molecule has 4 heteroatoms. The summed E-state index contributed by atoms with van der Waals surface area (Å²) in [5, 5.41) is 4.57. The van der Waals surface area contributed by atoms with Crippen molar-refractivity contribution >= 4 is 0 Å². The highest BCUT2D eigenvalue weighted by molar-refractivity contribution is 5.66. The average molecular weight is 216 g/mol. The van der Waals surface area contributed by atoms with Crippen LogP contribution in [0.4, 0.5) is 0 Å². The highest BCUT2D eigenvalue weighted by Crippen LogP contribution is 2.20. The van der Waals surface area contributed by atoms with Crippen LogP contribution in [0.3, 0.4) is 0 Å². The lowest BCUT2D eigenvalue weighted by Gasteiger charge is -2.05. The van der Waals surface area contributed by atoms with E-state index in [1.807, 2.05) is 32.0 Å². The molecule has 0 spiro atoms. The van der Waals surface area contributed by atoms with Crippen molar-refractivity contribution in [2.75, 3.05) is 0 Å². The molecule has 2 rings (SSSR count). The molecule has 0 radical (unpaired) electrons. The molecule has 0 aliphatic heterocycles. The predicted octanol–water partition coefficient (Wildman–Crippen LogP) is 1.35. The Bertz CT molecular complexity index is 638. The minimum absolute atomic E-state index is 0.284. The van der Waals surface area contributed by atoms with Crippen LogP contribution in [0.5, 0.6) is 0 Å². The van der Waals surface area contributed by atoms with E-state index in [9.17, 15) is 9.59 Å². The van der Waals surface area contributed by atoms with Gasteiger partial charge in [-0.15, -0.1) is 0 Å². The lowest BCUT2D eigenvalue weighted by Crippen LogP contribution is -2.19. The molecule has 0 amide bonds. The fraction of sp³-hybridized carbons (Fsp3) is 0.167. The van der Waals surface area contributed by atoms with Gasteiger partial charge in [0.2, 0.25) is 0 Å². The topological polar surface area (TPSA) is 65.7 Å². The third-order valence-corrected chi connectivity index (χ3v) is 2.50. The Morgan fingerprint density at radius 3 is 2.44 bits per heavy atom. The van der Waals surface area contributed by atoms with Gasteiger partial charge in [-0.3, -0.25) is 19.8 Å². The lowest BCUT2D eigenvalue weighted by molar-refractivity contribution is 0.954. The second kappa shape index (κ2) is 3.81. The van der Waals surface area contributed by atoms with Crippen molar-refractivity contribution in [3.05, 3.63) is 56.1 Å². The van der Waals surface area contributed by atoms with E-state index >= 15 is 0 Å². The third kappa shape index (κ3) is 1.82. The van der Waals surface area contributed by atoms with Gasteiger partial charge in [0, 0.05) is 6.07 Å². The molecule has 0 aliphatic carbocycles. The van der Waals surface area contributed by atoms with Crippen molar-refractivity contribution in [1.29, 1.82) is 0 Å². The molecule has 1 heterocycles. The van der Waals surface area contributed by atoms with E-state index in [-0.39, 0.29) is 11.1 Å². The van der Waals surface area contributed by atoms with Gasteiger partial charge in [-0.05, 0) is 25.0 Å². The molecule has 1 aromatic carbocycles. The van der Waals surface area contributed by atoms with Crippen LogP contribution in [0.1, 0.15) is 11.1 Å². The number of hydrogen-bond acceptors (Lipinski definition) is 2. The summed E-state index contributed by atoms with van der Waals surface area (Å²) in [5.41, 5.74) is 2.64. The minimum atomic E-state index is -0.310. The molecule has 2 N–H and O–H groups in total. The lowest BCUT2D eigenvalue weighted by atomic mass is 10.00. The second-order valence-corrected chi connectivity index (χ2v) is 3.82. The van der Waals surface area contributed by atoms with Crippen molar-refractivity contribution in [3.8, 4) is 11.1 Å². The molecule has 82 valence electrons. The Morgan fingerprint density at radius 2 is 1.69 bits per heavy atom. The van der Waals surface area contributed by atoms with E-state index in [1.54, 1.807) is 0 Å². The summed E-state index contributed by atoms with van der Waals surface area (Å²) in [7, 11) is 0. The van der Waals surface area contributed by atoms with Gasteiger partial charge in [-0.1, -0.05) is 23.8 Å². The molecule has 0 saturated carbocycles. The molecule has 0 fully saturated rings. The van der Waals surface area contributed by atoms with Gasteiger partial charge in [0.05, 0.1) is 5.56 Å². The summed E-state index contributed by atoms with van der Waals surface area (Å²) < 4.78 is 0. The van der Waals surface area contributed by atoms with Crippen LogP contribution in [0.25, 0.3) is 11.1 Å². The largest absolute Gasteiger partial charge is 0.270 e. The van der Waals surface area contributed by atoms with Crippen molar-refractivity contribution in [3.63, 3.8) is 0 Å². The molecule has 0 unspecified atom stereocenters. The third-order valence-electron chi connectivity index (χ3n) is 2.50. The zero-order valence-electron chi connectivity index (χ0n) is 9.13. The van der Waals surface area contributed by atoms with Gasteiger partial charge in [0.1, 0.15) is 0 Å². The molecule has 16 heavy (non-hydrogen) atoms. The minimum Gasteiger partial charge on any atom is -0.268 e. The zero-order valence-corrected chi connectivity index (χ0v) is 9.13. The average Bonchev–Trinajstić information content (AvgIpc) is 2.25. The summed E-state index contributed by atoms with van der Waals surface area (Å²) in [6.07, 6.45) is 0. The Labute approximate surface area is 91.9 Å². The van der Waals surface area contributed by atoms with Gasteiger partial charge in [0.25, 0.3) is 11.1 Å². The Hall–Kier alpha value is -2.10. The van der Waals surface area contributed by atoms with Crippen molar-refractivity contribution in [2.24, 2.45) is 0 Å². The maximum absolute atomic E-state index is 11.6. The van der Waals surface area contributed by atoms with Crippen molar-refractivity contribution in [2.45, 2.75) is 13.8 Å². The van der Waals surface area contributed by atoms with Crippen molar-refractivity contribution < 1.29 is 0 Å². The van der Waals surface area contributed by atoms with Crippen LogP contribution >= 0.6 is 0 Å². The molecular weight excluding hydrogens is 204 g/mol. The summed E-state index contributed by atoms with van der Waals surface area (Å²) in [4.78, 5) is 22.8. The molecule has 0 saturated heterocycles. The number of aryl methyl sites for hydroxylation is 2. The number of hydrogen-bond donors (Lipinski definition) is 2. The van der Waals surface area contributed by atoms with Gasteiger partial charge >= 0.3 is 0 Å². The van der Waals surface area contributed by atoms with Crippen LogP contribution in [-0.2, 0) is 0 Å². The SMILES string of the molecule is Cc1ccc(C)c(-c2cc(=O)[nH][nH]c2=O)c1. The smallest absolute Gasteiger partial charge is 0.268 e. The fourth-order valence-corrected chi connectivity index (χ4v) is 1.64. The number of nitrogens with one attached hydrogen (secondary N) is 2. The maximum Gasteiger partial charge on any atom is 0.270 e. The summed E-state index contributed by atoms with van der Waals surface area (Å²) in [6, 6.07) is 7.13. The standard InChI is InChI=1S/C12H12N2O2/c1-7-3-4-8(2)9(5-7)10-6-11(15)13-14-12(10)16/h3-6H,1-2H3,(H,13,15)(H,14,16). The maximum atomic E-state index is 11.6. The zero-order chi connectivity index (χ0) is 11.7. The van der Waals surface area contributed by atoms with Crippen molar-refractivity contribution in [1.82, 2.24) is 10.2 Å². The fourth-order valence-electron chi connectivity index (χ4n) is 1.64. The van der Waals surface area contributed by atoms with Crippen LogP contribution in [0, 0.1) is 13.8 Å². The van der Waals surface area contributed by atoms with E-state index < -0.39 is 0 Å². The number of H-pyrrole nitrogens is 2. The number of aromatic nitrogens is 2. The monoisotopic (exact) mass is 216 g/mol.